The van der Waals surface area contributed by atoms with Gasteiger partial charge < -0.3 is 23.7 Å². The van der Waals surface area contributed by atoms with Gasteiger partial charge in [0.1, 0.15) is 28.5 Å². The molecule has 0 amide bonds. The monoisotopic (exact) mass is 744 g/mol. The number of sulfonamides is 1. The number of hydrogen-bond donors (Lipinski definition) is 1. The molecular weight excluding hydrogens is 707 g/mol. The number of pyridine rings is 1. The van der Waals surface area contributed by atoms with E-state index in [0.29, 0.717) is 71.4 Å². The molecule has 1 aromatic heterocycles. The van der Waals surface area contributed by atoms with Crippen LogP contribution in [0.2, 0.25) is 10.0 Å². The number of rotatable bonds is 17. The largest absolute Gasteiger partial charge is 0.492 e. The van der Waals surface area contributed by atoms with E-state index in [1.165, 1.54) is 42.7 Å². The molecule has 3 aromatic rings. The molecule has 1 atom stereocenters. The average Bonchev–Trinajstić information content (AvgIpc) is 3.89. The van der Waals surface area contributed by atoms with Gasteiger partial charge in [0.2, 0.25) is 10.0 Å². The van der Waals surface area contributed by atoms with Gasteiger partial charge in [-0.05, 0) is 54.7 Å². The van der Waals surface area contributed by atoms with Gasteiger partial charge in [-0.25, -0.2) is 22.9 Å². The molecule has 2 heterocycles. The highest BCUT2D eigenvalue weighted by molar-refractivity contribution is 7.88. The number of H-pyrrole nitrogens is 1. The summed E-state index contributed by atoms with van der Waals surface area (Å²) in [5, 5.41) is 0.591. The van der Waals surface area contributed by atoms with Crippen molar-refractivity contribution in [2.75, 3.05) is 52.3 Å². The zero-order valence-electron chi connectivity index (χ0n) is 26.8. The molecule has 266 valence electrons. The van der Waals surface area contributed by atoms with E-state index >= 15 is 0 Å². The number of ether oxygens (including phenoxy) is 5. The SMILES string of the molecule is CS(=O)(=O)NCc1cc(C(=O)O[C@@H](Cc2c(Cl)c[nH+]cc2Cl)c2ccc(OC(F)F)c(OCC3CC3)c2)ccc1OCCN1CCOCC1. The average molecular weight is 746 g/mol. The molecule has 5 rings (SSSR count). The first-order chi connectivity index (χ1) is 23.4. The molecule has 0 bridgehead atoms. The molecule has 2 N–H and O–H groups in total. The van der Waals surface area contributed by atoms with Crippen LogP contribution >= 0.6 is 23.2 Å². The normalized spacial score (nSPS) is 16.0. The third-order valence-electron chi connectivity index (χ3n) is 7.95. The molecule has 1 aliphatic carbocycles. The molecule has 1 saturated heterocycles. The predicted octanol–water partition coefficient (Wildman–Crippen LogP) is 5.10. The second-order valence-corrected chi connectivity index (χ2v) is 14.4. The summed E-state index contributed by atoms with van der Waals surface area (Å²) < 4.78 is 80.7. The van der Waals surface area contributed by atoms with Gasteiger partial charge in [0, 0.05) is 43.7 Å². The van der Waals surface area contributed by atoms with Crippen molar-refractivity contribution in [3.63, 3.8) is 0 Å². The van der Waals surface area contributed by atoms with Gasteiger partial charge in [-0.3, -0.25) is 4.90 Å². The molecule has 0 radical (unpaired) electrons. The minimum absolute atomic E-state index is 0.0282. The zero-order valence-corrected chi connectivity index (χ0v) is 29.1. The van der Waals surface area contributed by atoms with Crippen LogP contribution in [-0.2, 0) is 32.5 Å². The molecule has 2 fully saturated rings. The van der Waals surface area contributed by atoms with Crippen molar-refractivity contribution in [2.45, 2.75) is 38.5 Å². The molecule has 2 aromatic carbocycles. The maximum Gasteiger partial charge on any atom is 0.387 e. The number of morpholine rings is 1. The molecule has 0 spiro atoms. The minimum Gasteiger partial charge on any atom is -0.492 e. The summed E-state index contributed by atoms with van der Waals surface area (Å²) in [5.74, 6) is -0.0797. The number of alkyl halides is 2. The molecule has 2 aliphatic rings. The topological polar surface area (TPSA) is 127 Å². The Morgan fingerprint density at radius 2 is 1.76 bits per heavy atom. The number of halogens is 4. The van der Waals surface area contributed by atoms with E-state index in [-0.39, 0.29) is 30.0 Å². The zero-order chi connectivity index (χ0) is 35.0. The van der Waals surface area contributed by atoms with Crippen LogP contribution in [0.5, 0.6) is 17.2 Å². The minimum atomic E-state index is -3.57. The van der Waals surface area contributed by atoms with Gasteiger partial charge >= 0.3 is 12.6 Å². The fraction of sp³-hybridized carbons (Fsp3) is 0.455. The van der Waals surface area contributed by atoms with E-state index in [9.17, 15) is 22.0 Å². The Balaban J connectivity index is 1.41. The number of benzene rings is 2. The second-order valence-electron chi connectivity index (χ2n) is 11.8. The summed E-state index contributed by atoms with van der Waals surface area (Å²) in [4.78, 5) is 18.8. The number of carbonyl (C=O) groups is 1. The van der Waals surface area contributed by atoms with Crippen LogP contribution in [0.15, 0.2) is 48.8 Å². The Kier molecular flexibility index (Phi) is 12.9. The van der Waals surface area contributed by atoms with Crippen LogP contribution in [0.3, 0.4) is 0 Å². The van der Waals surface area contributed by atoms with E-state index in [0.717, 1.165) is 32.2 Å². The summed E-state index contributed by atoms with van der Waals surface area (Å²) in [6.45, 7) is 0.958. The predicted molar refractivity (Wildman–Crippen MR) is 177 cm³/mol. The smallest absolute Gasteiger partial charge is 0.387 e. The molecule has 11 nitrogen and oxygen atoms in total. The second kappa shape index (κ2) is 17.1. The highest BCUT2D eigenvalue weighted by Gasteiger charge is 2.27. The Bertz CT molecular complexity index is 1690. The molecule has 16 heteroatoms. The van der Waals surface area contributed by atoms with E-state index in [2.05, 4.69) is 14.6 Å². The van der Waals surface area contributed by atoms with Crippen LogP contribution in [0.25, 0.3) is 0 Å². The van der Waals surface area contributed by atoms with Gasteiger partial charge in [-0.15, -0.1) is 0 Å². The summed E-state index contributed by atoms with van der Waals surface area (Å²) >= 11 is 12.9. The molecule has 0 unspecified atom stereocenters. The van der Waals surface area contributed by atoms with Crippen molar-refractivity contribution in [3.05, 3.63) is 81.1 Å². The summed E-state index contributed by atoms with van der Waals surface area (Å²) in [5.41, 5.74) is 1.45. The lowest BCUT2D eigenvalue weighted by atomic mass is 10.0. The highest BCUT2D eigenvalue weighted by Crippen LogP contribution is 2.38. The van der Waals surface area contributed by atoms with E-state index in [4.69, 9.17) is 46.9 Å². The first kappa shape index (κ1) is 37.0. The Morgan fingerprint density at radius 3 is 2.43 bits per heavy atom. The fourth-order valence-electron chi connectivity index (χ4n) is 5.11. The van der Waals surface area contributed by atoms with Gasteiger partial charge in [0.05, 0.1) is 31.6 Å². The summed E-state index contributed by atoms with van der Waals surface area (Å²) in [6, 6.07) is 8.96. The van der Waals surface area contributed by atoms with E-state index < -0.39 is 28.7 Å². The molecule has 1 saturated carbocycles. The van der Waals surface area contributed by atoms with E-state index in [1.807, 2.05) is 0 Å². The van der Waals surface area contributed by atoms with Crippen molar-refractivity contribution < 1.29 is 50.7 Å². The maximum atomic E-state index is 13.7. The summed E-state index contributed by atoms with van der Waals surface area (Å²) in [7, 11) is -3.57. The van der Waals surface area contributed by atoms with Crippen molar-refractivity contribution in [1.29, 1.82) is 0 Å². The standard InChI is InChI=1S/C33H37Cl2F2N3O8S/c1-49(42,43)39-17-24-14-23(5-6-28(24)45-13-10-40-8-11-44-12-9-40)32(41)47-30(16-25-26(34)18-38-19-27(25)35)22-4-7-29(48-33(36)37)31(15-22)46-20-21-2-3-21/h4-7,14-15,18-19,21,30,33,39H,2-3,8-13,16-17,20H2,1H3/p+1/t30-/m0/s1. The number of nitrogens with zero attached hydrogens (tertiary/aromatic N) is 1. The molecular formula is C33H38Cl2F2N3O8S+. The van der Waals surface area contributed by atoms with Crippen molar-refractivity contribution in [3.8, 4) is 17.2 Å². The number of aromatic nitrogens is 1. The molecule has 49 heavy (non-hydrogen) atoms. The van der Waals surface area contributed by atoms with Crippen molar-refractivity contribution in [2.24, 2.45) is 5.92 Å². The Labute approximate surface area is 293 Å². The third-order valence-corrected chi connectivity index (χ3v) is 9.30. The van der Waals surface area contributed by atoms with Crippen LogP contribution in [0.4, 0.5) is 8.78 Å². The first-order valence-corrected chi connectivity index (χ1v) is 18.4. The molecule has 1 aliphatic heterocycles. The lowest BCUT2D eigenvalue weighted by Crippen LogP contribution is -2.38. The van der Waals surface area contributed by atoms with Crippen LogP contribution in [0, 0.1) is 5.92 Å². The van der Waals surface area contributed by atoms with Gasteiger partial charge in [0.25, 0.3) is 0 Å². The number of nitrogens with one attached hydrogen (secondary N) is 2. The number of carbonyl (C=O) groups excluding carboxylic acids is 1. The number of hydrogen-bond acceptors (Lipinski definition) is 9. The van der Waals surface area contributed by atoms with Crippen LogP contribution in [-0.4, -0.2) is 78.2 Å². The van der Waals surface area contributed by atoms with Gasteiger partial charge in [-0.1, -0.05) is 29.3 Å². The van der Waals surface area contributed by atoms with Gasteiger partial charge in [-0.2, -0.15) is 8.78 Å². The lowest BCUT2D eigenvalue weighted by molar-refractivity contribution is -0.377. The number of esters is 1. The quantitative estimate of drug-likeness (QED) is 0.188. The first-order valence-electron chi connectivity index (χ1n) is 15.7. The van der Waals surface area contributed by atoms with Crippen molar-refractivity contribution in [1.82, 2.24) is 9.62 Å². The highest BCUT2D eigenvalue weighted by atomic mass is 35.5. The van der Waals surface area contributed by atoms with E-state index in [1.54, 1.807) is 6.07 Å². The maximum absolute atomic E-state index is 13.7. The van der Waals surface area contributed by atoms with Gasteiger partial charge in [0.15, 0.2) is 23.9 Å². The lowest BCUT2D eigenvalue weighted by Gasteiger charge is -2.26. The summed E-state index contributed by atoms with van der Waals surface area (Å²) in [6.07, 6.45) is 5.08. The van der Waals surface area contributed by atoms with Crippen LogP contribution in [0.1, 0.15) is 46.0 Å². The number of aromatic amines is 1. The Hall–Kier alpha value is -3.27. The van der Waals surface area contributed by atoms with Crippen molar-refractivity contribution >= 4 is 39.2 Å². The Morgan fingerprint density at radius 1 is 1.04 bits per heavy atom. The van der Waals surface area contributed by atoms with Crippen LogP contribution < -0.4 is 23.9 Å². The third kappa shape index (κ3) is 11.4. The fourth-order valence-corrected chi connectivity index (χ4v) is 6.06.